The van der Waals surface area contributed by atoms with Crippen LogP contribution in [0, 0.1) is 11.3 Å². The summed E-state index contributed by atoms with van der Waals surface area (Å²) in [5.74, 6) is -2.90. The lowest BCUT2D eigenvalue weighted by molar-refractivity contribution is -0.119. The maximum atomic E-state index is 13.4. The van der Waals surface area contributed by atoms with Crippen LogP contribution in [0.4, 0.5) is 31.2 Å². The highest BCUT2D eigenvalue weighted by molar-refractivity contribution is 7.21. The number of nitrogens with zero attached hydrogens (tertiary/aromatic N) is 6. The topological polar surface area (TPSA) is 127 Å². The minimum absolute atomic E-state index is 0.0157. The molecule has 13 heteroatoms. The van der Waals surface area contributed by atoms with Gasteiger partial charge in [-0.2, -0.15) is 10.2 Å². The quantitative estimate of drug-likeness (QED) is 0.267. The van der Waals surface area contributed by atoms with Gasteiger partial charge in [0.1, 0.15) is 5.52 Å². The summed E-state index contributed by atoms with van der Waals surface area (Å²) in [6.45, 7) is 3.95. The van der Waals surface area contributed by atoms with Crippen LogP contribution in [0.25, 0.3) is 10.3 Å². The third-order valence-electron chi connectivity index (χ3n) is 7.26. The Morgan fingerprint density at radius 2 is 1.86 bits per heavy atom. The molecule has 0 atom stereocenters. The van der Waals surface area contributed by atoms with Gasteiger partial charge in [0, 0.05) is 49.9 Å². The number of rotatable bonds is 8. The minimum Gasteiger partial charge on any atom is -0.322 e. The first-order valence-corrected chi connectivity index (χ1v) is 14.4. The highest BCUT2D eigenvalue weighted by Gasteiger charge is 2.34. The number of nitrogens with one attached hydrogen (secondary N) is 2. The average Bonchev–Trinajstić information content (AvgIpc) is 3.39. The van der Waals surface area contributed by atoms with Crippen LogP contribution in [-0.4, -0.2) is 64.3 Å². The molecule has 1 aliphatic heterocycles. The van der Waals surface area contributed by atoms with Crippen LogP contribution < -0.4 is 15.5 Å². The molecular weight excluding hydrogens is 574 g/mol. The van der Waals surface area contributed by atoms with E-state index in [-0.39, 0.29) is 44.3 Å². The molecule has 3 heterocycles. The van der Waals surface area contributed by atoms with Crippen LogP contribution >= 0.6 is 11.3 Å². The van der Waals surface area contributed by atoms with E-state index in [9.17, 15) is 23.6 Å². The second-order valence-electron chi connectivity index (χ2n) is 10.9. The summed E-state index contributed by atoms with van der Waals surface area (Å²) in [4.78, 5) is 42.9. The maximum Gasteiger partial charge on any atom is 0.255 e. The van der Waals surface area contributed by atoms with Crippen LogP contribution in [0.15, 0.2) is 54.7 Å². The number of hydrogen-bond donors (Lipinski definition) is 2. The Kier molecular flexibility index (Phi) is 8.34. The van der Waals surface area contributed by atoms with Crippen molar-refractivity contribution in [2.45, 2.75) is 38.0 Å². The van der Waals surface area contributed by atoms with E-state index >= 15 is 0 Å². The lowest BCUT2D eigenvalue weighted by Gasteiger charge is -2.30. The molecule has 0 saturated carbocycles. The van der Waals surface area contributed by atoms with Crippen LogP contribution in [0.3, 0.4) is 0 Å². The highest BCUT2D eigenvalue weighted by atomic mass is 32.1. The maximum absolute atomic E-state index is 13.4. The van der Waals surface area contributed by atoms with Crippen molar-refractivity contribution in [2.24, 2.45) is 0 Å². The summed E-state index contributed by atoms with van der Waals surface area (Å²) in [6.07, 6.45) is 1.06. The number of aromatic nitrogens is 3. The largest absolute Gasteiger partial charge is 0.322 e. The van der Waals surface area contributed by atoms with Crippen molar-refractivity contribution in [1.29, 1.82) is 5.26 Å². The number of carbonyl (C=O) groups excluding carboxylic acids is 2. The zero-order valence-corrected chi connectivity index (χ0v) is 24.7. The molecular formula is C30H30F2N8O2S. The Morgan fingerprint density at radius 3 is 2.60 bits per heavy atom. The van der Waals surface area contributed by atoms with Crippen molar-refractivity contribution in [1.82, 2.24) is 19.9 Å². The lowest BCUT2D eigenvalue weighted by Crippen LogP contribution is -2.42. The molecule has 0 unspecified atom stereocenters. The molecule has 2 aromatic carbocycles. The van der Waals surface area contributed by atoms with Crippen molar-refractivity contribution in [3.63, 3.8) is 0 Å². The number of likely N-dealkylation sites (tertiary alicyclic amines) is 1. The first kappa shape index (κ1) is 29.9. The Hall–Kier alpha value is -4.54. The average molecular weight is 605 g/mol. The van der Waals surface area contributed by atoms with Crippen molar-refractivity contribution in [2.75, 3.05) is 42.2 Å². The molecule has 10 nitrogen and oxygen atoms in total. The first-order valence-electron chi connectivity index (χ1n) is 13.6. The van der Waals surface area contributed by atoms with E-state index in [0.717, 1.165) is 11.3 Å². The van der Waals surface area contributed by atoms with Gasteiger partial charge in [0.25, 0.3) is 11.8 Å². The minimum atomic E-state index is -2.66. The fraction of sp³-hybridized carbons (Fsp3) is 0.333. The van der Waals surface area contributed by atoms with Crippen molar-refractivity contribution >= 4 is 56.0 Å². The predicted octanol–water partition coefficient (Wildman–Crippen LogP) is 5.58. The van der Waals surface area contributed by atoms with Crippen molar-refractivity contribution < 1.29 is 18.4 Å². The SMILES string of the molecule is CN(c1cccc(NC(=O)c2cccc(C(C)(C)C#N)c2)c1)c1ncc2nc(NC(=O)CN3CCC(F)(F)CC3)sc2n1. The number of halogens is 2. The number of alkyl halides is 2. The number of thiazole rings is 1. The van der Waals surface area contributed by atoms with Crippen LogP contribution in [0.5, 0.6) is 0 Å². The predicted molar refractivity (Wildman–Crippen MR) is 162 cm³/mol. The van der Waals surface area contributed by atoms with Gasteiger partial charge in [-0.05, 0) is 49.7 Å². The van der Waals surface area contributed by atoms with Gasteiger partial charge in [-0.1, -0.05) is 29.5 Å². The summed E-state index contributed by atoms with van der Waals surface area (Å²) in [5, 5.41) is 15.4. The van der Waals surface area contributed by atoms with Crippen LogP contribution in [0.2, 0.25) is 0 Å². The molecule has 43 heavy (non-hydrogen) atoms. The monoisotopic (exact) mass is 604 g/mol. The zero-order valence-electron chi connectivity index (χ0n) is 23.9. The highest BCUT2D eigenvalue weighted by Crippen LogP contribution is 2.30. The second-order valence-corrected chi connectivity index (χ2v) is 11.9. The summed E-state index contributed by atoms with van der Waals surface area (Å²) in [6, 6.07) is 16.5. The van der Waals surface area contributed by atoms with Gasteiger partial charge < -0.3 is 15.5 Å². The normalized spacial score (nSPS) is 15.1. The van der Waals surface area contributed by atoms with Crippen molar-refractivity contribution in [3.05, 3.63) is 65.9 Å². The van der Waals surface area contributed by atoms with E-state index in [4.69, 9.17) is 0 Å². The molecule has 0 spiro atoms. The van der Waals surface area contributed by atoms with Gasteiger partial charge in [-0.15, -0.1) is 0 Å². The van der Waals surface area contributed by atoms with Gasteiger partial charge in [-0.25, -0.2) is 18.7 Å². The van der Waals surface area contributed by atoms with E-state index in [1.54, 1.807) is 73.3 Å². The third-order valence-corrected chi connectivity index (χ3v) is 8.14. The second kappa shape index (κ2) is 12.0. The fourth-order valence-corrected chi connectivity index (χ4v) is 5.39. The number of benzene rings is 2. The van der Waals surface area contributed by atoms with Gasteiger partial charge in [0.2, 0.25) is 11.9 Å². The first-order chi connectivity index (χ1) is 20.4. The Morgan fingerprint density at radius 1 is 1.12 bits per heavy atom. The number of anilines is 4. The fourth-order valence-electron chi connectivity index (χ4n) is 4.57. The van der Waals surface area contributed by atoms with E-state index < -0.39 is 11.3 Å². The van der Waals surface area contributed by atoms with Crippen LogP contribution in [0.1, 0.15) is 42.6 Å². The standard InChI is InChI=1S/C30H30F2N8O2S/c1-29(2,18-33)20-7-4-6-19(14-20)25(42)35-21-8-5-9-22(15-21)39(3)27-34-16-23-26(38-27)43-28(36-23)37-24(41)17-40-12-10-30(31,32)11-13-40/h4-9,14-16H,10-13,17H2,1-3H3,(H,35,42)(H,36,37,41). The summed E-state index contributed by atoms with van der Waals surface area (Å²) < 4.78 is 26.8. The Labute approximate surface area is 251 Å². The van der Waals surface area contributed by atoms with Crippen LogP contribution in [-0.2, 0) is 10.2 Å². The number of fused-ring (bicyclic) bond motifs is 1. The van der Waals surface area contributed by atoms with E-state index in [0.29, 0.717) is 32.7 Å². The van der Waals surface area contributed by atoms with Gasteiger partial charge in [0.15, 0.2) is 9.96 Å². The third kappa shape index (κ3) is 7.10. The molecule has 2 amide bonds. The number of nitriles is 1. The molecule has 222 valence electrons. The Bertz CT molecular complexity index is 1710. The van der Waals surface area contributed by atoms with Crippen molar-refractivity contribution in [3.8, 4) is 6.07 Å². The van der Waals surface area contributed by atoms with E-state index in [1.807, 2.05) is 12.1 Å². The number of hydrogen-bond acceptors (Lipinski definition) is 9. The van der Waals surface area contributed by atoms with Gasteiger partial charge in [0.05, 0.1) is 24.2 Å². The summed E-state index contributed by atoms with van der Waals surface area (Å²) in [7, 11) is 1.79. The summed E-state index contributed by atoms with van der Waals surface area (Å²) >= 11 is 1.19. The van der Waals surface area contributed by atoms with E-state index in [2.05, 4.69) is 31.7 Å². The Balaban J connectivity index is 1.25. The molecule has 0 radical (unpaired) electrons. The number of amides is 2. The smallest absolute Gasteiger partial charge is 0.255 e. The molecule has 4 aromatic rings. The molecule has 1 saturated heterocycles. The molecule has 5 rings (SSSR count). The molecule has 0 aliphatic carbocycles. The van der Waals surface area contributed by atoms with E-state index in [1.165, 1.54) is 11.3 Å². The lowest BCUT2D eigenvalue weighted by atomic mass is 9.85. The van der Waals surface area contributed by atoms with Gasteiger partial charge in [-0.3, -0.25) is 14.5 Å². The zero-order chi connectivity index (χ0) is 30.8. The number of piperidine rings is 1. The summed E-state index contributed by atoms with van der Waals surface area (Å²) in [5.41, 5.74) is 2.28. The molecule has 2 aromatic heterocycles. The number of carbonyl (C=O) groups is 2. The molecule has 1 aliphatic rings. The molecule has 1 fully saturated rings. The van der Waals surface area contributed by atoms with Gasteiger partial charge >= 0.3 is 0 Å². The molecule has 0 bridgehead atoms. The molecule has 2 N–H and O–H groups in total.